The number of aldehydes is 3. The first-order valence-electron chi connectivity index (χ1n) is 10.8. The smallest absolute Gasteiger partial charge is 0.187 e. The van der Waals surface area contributed by atoms with Gasteiger partial charge in [-0.15, -0.1) is 0 Å². The third kappa shape index (κ3) is 6.04. The van der Waals surface area contributed by atoms with Crippen LogP contribution in [0, 0.1) is 0 Å². The van der Waals surface area contributed by atoms with Crippen LogP contribution in [0.2, 0.25) is 0 Å². The lowest BCUT2D eigenvalue weighted by atomic mass is 10.1. The molecule has 0 aliphatic heterocycles. The number of aliphatic hydroxyl groups is 1. The number of benzene rings is 1. The number of hydrogen-bond donors (Lipinski definition) is 4. The number of nitrogens with zero attached hydrogens (tertiary/aromatic N) is 1. The molecule has 0 saturated heterocycles. The molecular formula is C24H23ClF2N4O5. The van der Waals surface area contributed by atoms with Crippen molar-refractivity contribution in [3.63, 3.8) is 0 Å². The van der Waals surface area contributed by atoms with Crippen molar-refractivity contribution in [3.05, 3.63) is 69.5 Å². The van der Waals surface area contributed by atoms with Gasteiger partial charge in [0.05, 0.1) is 21.6 Å². The van der Waals surface area contributed by atoms with Gasteiger partial charge in [0.2, 0.25) is 0 Å². The summed E-state index contributed by atoms with van der Waals surface area (Å²) in [6.45, 7) is -0.597. The predicted octanol–water partition coefficient (Wildman–Crippen LogP) is 3.19. The van der Waals surface area contributed by atoms with E-state index < -0.39 is 30.1 Å². The molecule has 0 saturated carbocycles. The van der Waals surface area contributed by atoms with Crippen LogP contribution < -0.4 is 10.6 Å². The molecule has 0 spiro atoms. The van der Waals surface area contributed by atoms with Crippen molar-refractivity contribution in [1.82, 2.24) is 20.6 Å². The van der Waals surface area contributed by atoms with Gasteiger partial charge in [0.1, 0.15) is 24.4 Å². The van der Waals surface area contributed by atoms with E-state index in [1.165, 1.54) is 24.4 Å². The van der Waals surface area contributed by atoms with Gasteiger partial charge >= 0.3 is 0 Å². The van der Waals surface area contributed by atoms with Gasteiger partial charge in [-0.05, 0) is 30.8 Å². The third-order valence-corrected chi connectivity index (χ3v) is 5.57. The van der Waals surface area contributed by atoms with Gasteiger partial charge in [0.25, 0.3) is 0 Å². The Balaban J connectivity index is 1.82. The van der Waals surface area contributed by atoms with Crippen molar-refractivity contribution < 1.29 is 33.0 Å². The third-order valence-electron chi connectivity index (χ3n) is 5.22. The zero-order chi connectivity index (χ0) is 26.2. The minimum Gasteiger partial charge on any atom is -0.485 e. The van der Waals surface area contributed by atoms with Crippen molar-refractivity contribution in [1.29, 1.82) is 0 Å². The largest absolute Gasteiger partial charge is 0.485 e. The summed E-state index contributed by atoms with van der Waals surface area (Å²) in [4.78, 5) is 41.7. The average Bonchev–Trinajstić information content (AvgIpc) is 3.29. The Morgan fingerprint density at radius 1 is 1.25 bits per heavy atom. The highest BCUT2D eigenvalue weighted by Gasteiger charge is 2.24. The van der Waals surface area contributed by atoms with E-state index in [9.17, 15) is 28.3 Å². The zero-order valence-corrected chi connectivity index (χ0v) is 19.9. The van der Waals surface area contributed by atoms with E-state index in [0.29, 0.717) is 29.9 Å². The molecule has 9 nitrogen and oxygen atoms in total. The van der Waals surface area contributed by atoms with Crippen molar-refractivity contribution in [3.8, 4) is 0 Å². The number of nitrogens with one attached hydrogen (secondary N) is 3. The standard InChI is InChI=1S/C24H23ClF2N4O5/c1-28-5-4-19(29-8-15(35)12-36-23-18(26)3-2-17(25)22(23)27)16(11-34)24-30-20-6-13(9-32)14(10-33)7-21(20)31-24/h4-7,9-11,15,28-29,35H,2-3,8,12H2,1H3,(H,30,31)/b5-4-,19-16-. The topological polar surface area (TPSA) is 133 Å². The summed E-state index contributed by atoms with van der Waals surface area (Å²) in [7, 11) is 1.64. The SMILES string of the molecule is CN/C=C\C(NCC(O)COC1=C(F)CCC(Cl)=C1F)=C(/C=O)c1nc2cc(C=O)c(C=O)cc2[nH]1. The van der Waals surface area contributed by atoms with Crippen molar-refractivity contribution in [2.24, 2.45) is 0 Å². The maximum Gasteiger partial charge on any atom is 0.187 e. The summed E-state index contributed by atoms with van der Waals surface area (Å²) in [6.07, 6.45) is 3.37. The molecule has 0 amide bonds. The molecule has 190 valence electrons. The number of ether oxygens (including phenoxy) is 1. The molecule has 0 radical (unpaired) electrons. The second kappa shape index (κ2) is 12.2. The molecule has 0 bridgehead atoms. The minimum atomic E-state index is -1.22. The van der Waals surface area contributed by atoms with Gasteiger partial charge in [-0.1, -0.05) is 11.6 Å². The quantitative estimate of drug-likeness (QED) is 0.190. The number of rotatable bonds is 12. The molecular weight excluding hydrogens is 498 g/mol. The summed E-state index contributed by atoms with van der Waals surface area (Å²) < 4.78 is 33.1. The molecule has 4 N–H and O–H groups in total. The second-order valence-corrected chi connectivity index (χ2v) is 8.14. The Morgan fingerprint density at radius 2 is 1.97 bits per heavy atom. The first-order chi connectivity index (χ1) is 17.3. The lowest BCUT2D eigenvalue weighted by Crippen LogP contribution is -2.30. The van der Waals surface area contributed by atoms with Crippen LogP contribution in [0.5, 0.6) is 0 Å². The summed E-state index contributed by atoms with van der Waals surface area (Å²) in [5.41, 5.74) is 1.44. The van der Waals surface area contributed by atoms with E-state index in [2.05, 4.69) is 20.6 Å². The average molecular weight is 521 g/mol. The van der Waals surface area contributed by atoms with Crippen LogP contribution in [0.15, 0.2) is 52.6 Å². The second-order valence-electron chi connectivity index (χ2n) is 7.69. The van der Waals surface area contributed by atoms with Crippen molar-refractivity contribution in [2.75, 3.05) is 20.2 Å². The van der Waals surface area contributed by atoms with Gasteiger partial charge in [-0.2, -0.15) is 0 Å². The van der Waals surface area contributed by atoms with E-state index in [4.69, 9.17) is 16.3 Å². The predicted molar refractivity (Wildman–Crippen MR) is 129 cm³/mol. The van der Waals surface area contributed by atoms with E-state index in [1.54, 1.807) is 7.05 Å². The van der Waals surface area contributed by atoms with Crippen molar-refractivity contribution >= 4 is 47.1 Å². The number of allylic oxidation sites excluding steroid dienone is 5. The van der Waals surface area contributed by atoms with Crippen LogP contribution in [0.25, 0.3) is 16.6 Å². The van der Waals surface area contributed by atoms with Crippen LogP contribution in [0.3, 0.4) is 0 Å². The Bertz CT molecular complexity index is 1250. The van der Waals surface area contributed by atoms with Gasteiger partial charge in [0.15, 0.2) is 30.4 Å². The Morgan fingerprint density at radius 3 is 2.64 bits per heavy atom. The minimum absolute atomic E-state index is 0.0331. The first-order valence-corrected chi connectivity index (χ1v) is 11.2. The number of aromatic nitrogens is 2. The fourth-order valence-electron chi connectivity index (χ4n) is 3.37. The number of hydrogen-bond acceptors (Lipinski definition) is 8. The maximum atomic E-state index is 14.0. The van der Waals surface area contributed by atoms with Gasteiger partial charge in [-0.3, -0.25) is 14.4 Å². The monoisotopic (exact) mass is 520 g/mol. The molecule has 36 heavy (non-hydrogen) atoms. The lowest BCUT2D eigenvalue weighted by Gasteiger charge is -2.19. The number of carbonyl (C=O) groups is 3. The number of fused-ring (bicyclic) bond motifs is 1. The molecule has 1 aliphatic carbocycles. The Labute approximate surface area is 209 Å². The Kier molecular flexibility index (Phi) is 9.09. The van der Waals surface area contributed by atoms with E-state index in [1.807, 2.05) is 0 Å². The number of imidazole rings is 1. The van der Waals surface area contributed by atoms with Crippen LogP contribution >= 0.6 is 11.6 Å². The zero-order valence-electron chi connectivity index (χ0n) is 19.1. The van der Waals surface area contributed by atoms with Crippen LogP contribution in [0.1, 0.15) is 39.4 Å². The van der Waals surface area contributed by atoms with Crippen LogP contribution in [0.4, 0.5) is 8.78 Å². The Hall–Kier alpha value is -3.83. The number of carbonyl (C=O) groups excluding carboxylic acids is 3. The summed E-state index contributed by atoms with van der Waals surface area (Å²) >= 11 is 5.72. The summed E-state index contributed by atoms with van der Waals surface area (Å²) in [5.74, 6) is -2.28. The first kappa shape index (κ1) is 26.8. The van der Waals surface area contributed by atoms with Crippen LogP contribution in [-0.4, -0.2) is 60.2 Å². The molecule has 12 heteroatoms. The molecule has 1 unspecified atom stereocenters. The molecule has 2 aromatic rings. The number of aliphatic hydroxyl groups excluding tert-OH is 1. The molecule has 0 fully saturated rings. The summed E-state index contributed by atoms with van der Waals surface area (Å²) in [5, 5.41) is 15.8. The number of aromatic amines is 1. The van der Waals surface area contributed by atoms with Crippen molar-refractivity contribution in [2.45, 2.75) is 18.9 Å². The molecule has 1 heterocycles. The lowest BCUT2D eigenvalue weighted by molar-refractivity contribution is -0.103. The molecule has 1 aromatic carbocycles. The highest BCUT2D eigenvalue weighted by atomic mass is 35.5. The molecule has 1 aromatic heterocycles. The molecule has 3 rings (SSSR count). The highest BCUT2D eigenvalue weighted by Crippen LogP contribution is 2.34. The molecule has 1 aliphatic rings. The van der Waals surface area contributed by atoms with E-state index in [0.717, 1.165) is 0 Å². The normalized spacial score (nSPS) is 15.7. The van der Waals surface area contributed by atoms with E-state index in [-0.39, 0.29) is 52.6 Å². The van der Waals surface area contributed by atoms with Gasteiger partial charge < -0.3 is 25.5 Å². The fourth-order valence-corrected chi connectivity index (χ4v) is 3.55. The highest BCUT2D eigenvalue weighted by molar-refractivity contribution is 6.30. The van der Waals surface area contributed by atoms with Gasteiger partial charge in [-0.25, -0.2) is 13.8 Å². The van der Waals surface area contributed by atoms with E-state index >= 15 is 0 Å². The number of halogens is 3. The molecule has 1 atom stereocenters. The van der Waals surface area contributed by atoms with Gasteiger partial charge in [0, 0.05) is 36.8 Å². The fraction of sp³-hybridized carbons (Fsp3) is 0.250. The maximum absolute atomic E-state index is 14.0. The van der Waals surface area contributed by atoms with Crippen LogP contribution in [-0.2, 0) is 9.53 Å². The summed E-state index contributed by atoms with van der Waals surface area (Å²) in [6, 6.07) is 2.87. The number of H-pyrrole nitrogens is 1.